The van der Waals surface area contributed by atoms with Crippen molar-refractivity contribution in [2.24, 2.45) is 19.1 Å². The van der Waals surface area contributed by atoms with E-state index in [4.69, 9.17) is 21.1 Å². The van der Waals surface area contributed by atoms with Crippen LogP contribution in [0, 0.1) is 11.3 Å². The fourth-order valence-electron chi connectivity index (χ4n) is 2.99. The second-order valence-electron chi connectivity index (χ2n) is 6.03. The van der Waals surface area contributed by atoms with Gasteiger partial charge in [0, 0.05) is 19.1 Å². The van der Waals surface area contributed by atoms with Crippen molar-refractivity contribution in [3.05, 3.63) is 72.7 Å². The van der Waals surface area contributed by atoms with E-state index >= 15 is 0 Å². The fourth-order valence-corrected chi connectivity index (χ4v) is 3.12. The summed E-state index contributed by atoms with van der Waals surface area (Å²) in [7, 11) is 2.86. The molecule has 2 aromatic rings. The standard InChI is InChI=1S/C19H17ClN4O4/c1-4-27-10-22-16-13(9-21)14(11-5-7-12(20)8-6-11)15-17(25)23(2)19(26)24(3)18(15)28-16/h5-8,10,14H,4H2,1-3H3. The van der Waals surface area contributed by atoms with Crippen LogP contribution in [0.1, 0.15) is 24.0 Å². The average Bonchev–Trinajstić information content (AvgIpc) is 2.70. The van der Waals surface area contributed by atoms with E-state index < -0.39 is 17.2 Å². The van der Waals surface area contributed by atoms with Gasteiger partial charge in [0.25, 0.3) is 5.56 Å². The number of rotatable bonds is 4. The number of allylic oxidation sites excluding steroid dienone is 1. The van der Waals surface area contributed by atoms with E-state index in [1.165, 1.54) is 18.7 Å². The van der Waals surface area contributed by atoms with Gasteiger partial charge in [-0.15, -0.1) is 0 Å². The molecule has 1 aromatic carbocycles. The largest absolute Gasteiger partial charge is 0.483 e. The van der Waals surface area contributed by atoms with Crippen LogP contribution in [0.4, 0.5) is 0 Å². The number of hydrogen-bond acceptors (Lipinski definition) is 6. The van der Waals surface area contributed by atoms with Gasteiger partial charge in [-0.1, -0.05) is 23.7 Å². The first-order valence-corrected chi connectivity index (χ1v) is 8.80. The molecule has 2 heterocycles. The minimum Gasteiger partial charge on any atom is -0.483 e. The normalized spacial score (nSPS) is 15.9. The molecule has 9 heteroatoms. The van der Waals surface area contributed by atoms with E-state index in [1.807, 2.05) is 0 Å². The monoisotopic (exact) mass is 400 g/mol. The molecule has 0 saturated heterocycles. The molecule has 1 aliphatic heterocycles. The lowest BCUT2D eigenvalue weighted by atomic mass is 9.85. The maximum Gasteiger partial charge on any atom is 0.333 e. The Morgan fingerprint density at radius 2 is 1.96 bits per heavy atom. The van der Waals surface area contributed by atoms with E-state index in [2.05, 4.69) is 11.1 Å². The van der Waals surface area contributed by atoms with E-state index in [0.29, 0.717) is 17.2 Å². The number of fused-ring (bicyclic) bond motifs is 1. The molecule has 1 aromatic heterocycles. The molecule has 28 heavy (non-hydrogen) atoms. The van der Waals surface area contributed by atoms with Crippen LogP contribution in [0.2, 0.25) is 5.02 Å². The van der Waals surface area contributed by atoms with Gasteiger partial charge in [-0.05, 0) is 24.6 Å². The maximum absolute atomic E-state index is 12.9. The SMILES string of the molecule is CCOC=NC1=C(C#N)C(c2ccc(Cl)cc2)c2c(n(C)c(=O)n(C)c2=O)O1. The van der Waals surface area contributed by atoms with Crippen molar-refractivity contribution in [1.82, 2.24) is 9.13 Å². The zero-order chi connectivity index (χ0) is 20.4. The molecule has 0 N–H and O–H groups in total. The highest BCUT2D eigenvalue weighted by Gasteiger charge is 2.36. The molecule has 1 unspecified atom stereocenters. The Hall–Kier alpha value is -3.31. The summed E-state index contributed by atoms with van der Waals surface area (Å²) in [6.45, 7) is 2.17. The molecule has 0 spiro atoms. The van der Waals surface area contributed by atoms with Crippen LogP contribution in [0.25, 0.3) is 0 Å². The number of halogens is 1. The Morgan fingerprint density at radius 3 is 2.57 bits per heavy atom. The lowest BCUT2D eigenvalue weighted by Gasteiger charge is -2.27. The van der Waals surface area contributed by atoms with Gasteiger partial charge in [-0.25, -0.2) is 4.79 Å². The zero-order valence-corrected chi connectivity index (χ0v) is 16.2. The Bertz CT molecular complexity index is 1140. The molecule has 3 rings (SSSR count). The first-order chi connectivity index (χ1) is 13.4. The minimum absolute atomic E-state index is 0.0355. The number of nitrogens with zero attached hydrogens (tertiary/aromatic N) is 4. The second kappa shape index (κ2) is 7.74. The molecule has 1 aliphatic rings. The van der Waals surface area contributed by atoms with Crippen LogP contribution < -0.4 is 16.0 Å². The van der Waals surface area contributed by atoms with Crippen molar-refractivity contribution < 1.29 is 9.47 Å². The van der Waals surface area contributed by atoms with Gasteiger partial charge in [-0.3, -0.25) is 13.9 Å². The highest BCUT2D eigenvalue weighted by molar-refractivity contribution is 6.30. The third-order valence-electron chi connectivity index (χ3n) is 4.38. The van der Waals surface area contributed by atoms with Crippen LogP contribution in [-0.4, -0.2) is 22.1 Å². The summed E-state index contributed by atoms with van der Waals surface area (Å²) in [6, 6.07) is 8.84. The van der Waals surface area contributed by atoms with Gasteiger partial charge in [0.15, 0.2) is 6.40 Å². The maximum atomic E-state index is 12.9. The number of aromatic nitrogens is 2. The molecule has 1 atom stereocenters. The lowest BCUT2D eigenvalue weighted by Crippen LogP contribution is -2.42. The molecule has 0 fully saturated rings. The van der Waals surface area contributed by atoms with Gasteiger partial charge < -0.3 is 9.47 Å². The van der Waals surface area contributed by atoms with Crippen LogP contribution in [-0.2, 0) is 18.8 Å². The van der Waals surface area contributed by atoms with Gasteiger partial charge in [0.2, 0.25) is 11.8 Å². The van der Waals surface area contributed by atoms with Crippen LogP contribution in [0.5, 0.6) is 5.88 Å². The quantitative estimate of drug-likeness (QED) is 0.577. The first kappa shape index (κ1) is 19.5. The summed E-state index contributed by atoms with van der Waals surface area (Å²) in [5.41, 5.74) is -0.142. The number of benzene rings is 1. The van der Waals surface area contributed by atoms with Crippen LogP contribution in [0.3, 0.4) is 0 Å². The van der Waals surface area contributed by atoms with E-state index in [-0.39, 0.29) is 22.9 Å². The van der Waals surface area contributed by atoms with Gasteiger partial charge >= 0.3 is 5.69 Å². The fraction of sp³-hybridized carbons (Fsp3) is 0.263. The van der Waals surface area contributed by atoms with Crippen molar-refractivity contribution in [2.45, 2.75) is 12.8 Å². The number of nitriles is 1. The number of aliphatic imine (C=N–C) groups is 1. The summed E-state index contributed by atoms with van der Waals surface area (Å²) in [4.78, 5) is 29.3. The molecule has 0 amide bonds. The van der Waals surface area contributed by atoms with Gasteiger partial charge in [0.05, 0.1) is 18.1 Å². The molecular formula is C19H17ClN4O4. The lowest BCUT2D eigenvalue weighted by molar-refractivity contribution is 0.326. The molecule has 0 aliphatic carbocycles. The number of hydrogen-bond donors (Lipinski definition) is 0. The highest BCUT2D eigenvalue weighted by Crippen LogP contribution is 2.40. The Balaban J connectivity index is 2.35. The molecule has 8 nitrogen and oxygen atoms in total. The summed E-state index contributed by atoms with van der Waals surface area (Å²) >= 11 is 5.98. The molecule has 0 saturated carbocycles. The minimum atomic E-state index is -0.773. The third-order valence-corrected chi connectivity index (χ3v) is 4.63. The molecule has 0 radical (unpaired) electrons. The van der Waals surface area contributed by atoms with Crippen molar-refractivity contribution in [3.8, 4) is 11.9 Å². The summed E-state index contributed by atoms with van der Waals surface area (Å²) in [5.74, 6) is -0.771. The van der Waals surface area contributed by atoms with E-state index in [1.54, 1.807) is 31.2 Å². The number of ether oxygens (including phenoxy) is 2. The third kappa shape index (κ3) is 3.21. The zero-order valence-electron chi connectivity index (χ0n) is 15.5. The van der Waals surface area contributed by atoms with Crippen molar-refractivity contribution >= 4 is 18.0 Å². The second-order valence-corrected chi connectivity index (χ2v) is 6.47. The van der Waals surface area contributed by atoms with E-state index in [9.17, 15) is 14.9 Å². The Labute approximate surface area is 165 Å². The Morgan fingerprint density at radius 1 is 1.29 bits per heavy atom. The summed E-state index contributed by atoms with van der Waals surface area (Å²) in [5, 5.41) is 10.3. The van der Waals surface area contributed by atoms with Crippen molar-refractivity contribution in [3.63, 3.8) is 0 Å². The predicted molar refractivity (Wildman–Crippen MR) is 104 cm³/mol. The first-order valence-electron chi connectivity index (χ1n) is 8.42. The predicted octanol–water partition coefficient (Wildman–Crippen LogP) is 2.06. The molecule has 144 valence electrons. The average molecular weight is 401 g/mol. The van der Waals surface area contributed by atoms with Crippen molar-refractivity contribution in [1.29, 1.82) is 5.26 Å². The summed E-state index contributed by atoms with van der Waals surface area (Å²) in [6.07, 6.45) is 1.16. The smallest absolute Gasteiger partial charge is 0.333 e. The van der Waals surface area contributed by atoms with E-state index in [0.717, 1.165) is 11.0 Å². The topological polar surface area (TPSA) is 98.6 Å². The Kier molecular flexibility index (Phi) is 5.38. The molecule has 0 bridgehead atoms. The van der Waals surface area contributed by atoms with Crippen LogP contribution >= 0.6 is 11.6 Å². The van der Waals surface area contributed by atoms with Crippen molar-refractivity contribution in [2.75, 3.05) is 6.61 Å². The highest BCUT2D eigenvalue weighted by atomic mass is 35.5. The van der Waals surface area contributed by atoms with Gasteiger partial charge in [0.1, 0.15) is 11.6 Å². The molecular weight excluding hydrogens is 384 g/mol. The summed E-state index contributed by atoms with van der Waals surface area (Å²) < 4.78 is 13.0. The van der Waals surface area contributed by atoms with Crippen LogP contribution in [0.15, 0.2) is 50.3 Å². The van der Waals surface area contributed by atoms with Gasteiger partial charge in [-0.2, -0.15) is 10.3 Å².